The predicted octanol–water partition coefficient (Wildman–Crippen LogP) is 2.02. The predicted molar refractivity (Wildman–Crippen MR) is 132 cm³/mol. The molecule has 0 aromatic heterocycles. The molecular formula is C27H29F3N4O5. The molecule has 39 heavy (non-hydrogen) atoms. The van der Waals surface area contributed by atoms with Crippen molar-refractivity contribution in [3.8, 4) is 5.75 Å². The highest BCUT2D eigenvalue weighted by Crippen LogP contribution is 2.34. The number of amides is 3. The number of carbonyl (C=O) groups is 3. The lowest BCUT2D eigenvalue weighted by atomic mass is 10.0. The summed E-state index contributed by atoms with van der Waals surface area (Å²) in [5, 5.41) is 11.7. The van der Waals surface area contributed by atoms with Crippen molar-refractivity contribution in [2.75, 3.05) is 26.2 Å². The van der Waals surface area contributed by atoms with Crippen molar-refractivity contribution < 1.29 is 37.4 Å². The number of fused-ring (bicyclic) bond motifs is 1. The van der Waals surface area contributed by atoms with E-state index in [1.165, 1.54) is 4.90 Å². The highest BCUT2D eigenvalue weighted by Gasteiger charge is 2.43. The summed E-state index contributed by atoms with van der Waals surface area (Å²) in [6.07, 6.45) is -6.60. The third-order valence-corrected chi connectivity index (χ3v) is 7.41. The number of hydrogen-bond donors (Lipinski definition) is 2. The van der Waals surface area contributed by atoms with Gasteiger partial charge in [-0.15, -0.1) is 0 Å². The number of piperidine rings is 1. The normalized spacial score (nSPS) is 21.6. The molecule has 0 aliphatic carbocycles. The molecule has 2 saturated heterocycles. The van der Waals surface area contributed by atoms with Crippen LogP contribution >= 0.6 is 0 Å². The molecule has 2 atom stereocenters. The summed E-state index contributed by atoms with van der Waals surface area (Å²) >= 11 is 0. The van der Waals surface area contributed by atoms with Crippen LogP contribution in [-0.2, 0) is 29.3 Å². The van der Waals surface area contributed by atoms with E-state index in [1.54, 1.807) is 18.2 Å². The maximum absolute atomic E-state index is 13.0. The van der Waals surface area contributed by atoms with Crippen LogP contribution in [0.2, 0.25) is 0 Å². The van der Waals surface area contributed by atoms with Gasteiger partial charge in [0.15, 0.2) is 0 Å². The maximum atomic E-state index is 13.0. The van der Waals surface area contributed by atoms with Gasteiger partial charge in [0.2, 0.25) is 18.0 Å². The van der Waals surface area contributed by atoms with E-state index < -0.39 is 24.4 Å². The van der Waals surface area contributed by atoms with E-state index in [4.69, 9.17) is 4.74 Å². The second kappa shape index (κ2) is 10.9. The zero-order valence-corrected chi connectivity index (χ0v) is 21.1. The summed E-state index contributed by atoms with van der Waals surface area (Å²) in [6.45, 7) is 2.19. The van der Waals surface area contributed by atoms with E-state index in [2.05, 4.69) is 5.32 Å². The summed E-state index contributed by atoms with van der Waals surface area (Å²) < 4.78 is 44.2. The Balaban J connectivity index is 1.15. The summed E-state index contributed by atoms with van der Waals surface area (Å²) in [7, 11) is 0. The molecule has 2 unspecified atom stereocenters. The molecule has 2 fully saturated rings. The van der Waals surface area contributed by atoms with Gasteiger partial charge in [0.1, 0.15) is 18.4 Å². The van der Waals surface area contributed by atoms with Gasteiger partial charge >= 0.3 is 6.18 Å². The largest absolute Gasteiger partial charge is 0.489 e. The number of piperazine rings is 1. The number of nitrogens with zero attached hydrogens (tertiary/aromatic N) is 3. The van der Waals surface area contributed by atoms with Crippen LogP contribution in [0.1, 0.15) is 39.9 Å². The first-order chi connectivity index (χ1) is 18.6. The van der Waals surface area contributed by atoms with Gasteiger partial charge in [-0.25, -0.2) is 0 Å². The Kier molecular flexibility index (Phi) is 7.61. The van der Waals surface area contributed by atoms with Crippen molar-refractivity contribution >= 4 is 17.7 Å². The van der Waals surface area contributed by atoms with Gasteiger partial charge in [-0.3, -0.25) is 29.5 Å². The topological polar surface area (TPSA) is 102 Å². The third kappa shape index (κ3) is 5.92. The molecule has 5 rings (SSSR count). The summed E-state index contributed by atoms with van der Waals surface area (Å²) in [5.41, 5.74) is 3.10. The average molecular weight is 547 g/mol. The summed E-state index contributed by atoms with van der Waals surface area (Å²) in [6, 6.07) is 12.3. The SMILES string of the molecule is O=C1CCC(N2Cc3c(OCc4ccc(CN5CCN(C(O)C(F)(F)F)CC5)cc4)cccc3C2=O)C(=O)N1. The third-order valence-electron chi connectivity index (χ3n) is 7.41. The Hall–Kier alpha value is -3.48. The number of imide groups is 1. The number of carbonyl (C=O) groups excluding carboxylic acids is 3. The molecule has 3 aliphatic rings. The molecule has 0 bridgehead atoms. The number of nitrogens with one attached hydrogen (secondary N) is 1. The summed E-state index contributed by atoms with van der Waals surface area (Å²) in [5.74, 6) is -0.503. The van der Waals surface area contributed by atoms with Gasteiger partial charge in [-0.1, -0.05) is 30.3 Å². The fraction of sp³-hybridized carbons (Fsp3) is 0.444. The van der Waals surface area contributed by atoms with Gasteiger partial charge in [0.25, 0.3) is 5.91 Å². The van der Waals surface area contributed by atoms with Crippen molar-refractivity contribution in [2.24, 2.45) is 0 Å². The minimum atomic E-state index is -4.65. The van der Waals surface area contributed by atoms with Crippen LogP contribution in [-0.4, -0.2) is 82.2 Å². The number of rotatable bonds is 7. The number of halogens is 3. The minimum Gasteiger partial charge on any atom is -0.489 e. The van der Waals surface area contributed by atoms with E-state index in [1.807, 2.05) is 29.2 Å². The van der Waals surface area contributed by atoms with Gasteiger partial charge in [-0.05, 0) is 29.7 Å². The first-order valence-electron chi connectivity index (χ1n) is 12.8. The van der Waals surface area contributed by atoms with Gasteiger partial charge in [0, 0.05) is 50.3 Å². The number of aliphatic hydroxyl groups excluding tert-OH is 1. The smallest absolute Gasteiger partial charge is 0.428 e. The van der Waals surface area contributed by atoms with Crippen LogP contribution in [0.4, 0.5) is 13.2 Å². The molecule has 12 heteroatoms. The maximum Gasteiger partial charge on any atom is 0.428 e. The van der Waals surface area contributed by atoms with Crippen molar-refractivity contribution in [2.45, 2.75) is 51.0 Å². The molecule has 3 aliphatic heterocycles. The Morgan fingerprint density at radius 3 is 2.36 bits per heavy atom. The van der Waals surface area contributed by atoms with Crippen LogP contribution in [0.15, 0.2) is 42.5 Å². The van der Waals surface area contributed by atoms with E-state index >= 15 is 0 Å². The van der Waals surface area contributed by atoms with Gasteiger partial charge in [-0.2, -0.15) is 13.2 Å². The lowest BCUT2D eigenvalue weighted by molar-refractivity contribution is -0.253. The minimum absolute atomic E-state index is 0.136. The van der Waals surface area contributed by atoms with Crippen molar-refractivity contribution in [1.82, 2.24) is 20.0 Å². The van der Waals surface area contributed by atoms with Crippen molar-refractivity contribution in [3.63, 3.8) is 0 Å². The van der Waals surface area contributed by atoms with Gasteiger partial charge in [0.05, 0.1) is 6.54 Å². The van der Waals surface area contributed by atoms with Crippen LogP contribution in [0.3, 0.4) is 0 Å². The molecule has 208 valence electrons. The zero-order chi connectivity index (χ0) is 27.7. The average Bonchev–Trinajstić information content (AvgIpc) is 3.24. The molecular weight excluding hydrogens is 517 g/mol. The molecule has 0 radical (unpaired) electrons. The zero-order valence-electron chi connectivity index (χ0n) is 21.1. The van der Waals surface area contributed by atoms with E-state index in [0.717, 1.165) is 16.0 Å². The van der Waals surface area contributed by atoms with Gasteiger partial charge < -0.3 is 14.7 Å². The second-order valence-electron chi connectivity index (χ2n) is 10.0. The van der Waals surface area contributed by atoms with E-state index in [0.29, 0.717) is 36.5 Å². The molecule has 0 spiro atoms. The van der Waals surface area contributed by atoms with Crippen LogP contribution in [0.5, 0.6) is 5.75 Å². The number of hydrogen-bond acceptors (Lipinski definition) is 7. The lowest BCUT2D eigenvalue weighted by Gasteiger charge is -2.37. The molecule has 3 amide bonds. The number of aliphatic hydroxyl groups is 1. The fourth-order valence-electron chi connectivity index (χ4n) is 5.23. The second-order valence-corrected chi connectivity index (χ2v) is 10.0. The Morgan fingerprint density at radius 2 is 1.69 bits per heavy atom. The molecule has 9 nitrogen and oxygen atoms in total. The number of benzene rings is 2. The highest BCUT2D eigenvalue weighted by atomic mass is 19.4. The van der Waals surface area contributed by atoms with Crippen LogP contribution in [0, 0.1) is 0 Å². The Labute approximate surface area is 223 Å². The first kappa shape index (κ1) is 27.1. The Bertz CT molecular complexity index is 1240. The Morgan fingerprint density at radius 1 is 1.00 bits per heavy atom. The molecule has 0 saturated carbocycles. The molecule has 2 aromatic rings. The van der Waals surface area contributed by atoms with E-state index in [-0.39, 0.29) is 50.9 Å². The highest BCUT2D eigenvalue weighted by molar-refractivity contribution is 6.05. The lowest BCUT2D eigenvalue weighted by Crippen LogP contribution is -2.54. The summed E-state index contributed by atoms with van der Waals surface area (Å²) in [4.78, 5) is 41.3. The number of alkyl halides is 3. The molecule has 3 heterocycles. The van der Waals surface area contributed by atoms with Crippen LogP contribution < -0.4 is 10.1 Å². The molecule has 2 aromatic carbocycles. The molecule has 2 N–H and O–H groups in total. The monoisotopic (exact) mass is 546 g/mol. The quantitative estimate of drug-likeness (QED) is 0.513. The fourth-order valence-corrected chi connectivity index (χ4v) is 5.23. The first-order valence-corrected chi connectivity index (χ1v) is 12.8. The van der Waals surface area contributed by atoms with Crippen molar-refractivity contribution in [3.05, 3.63) is 64.7 Å². The van der Waals surface area contributed by atoms with E-state index in [9.17, 15) is 32.7 Å². The van der Waals surface area contributed by atoms with Crippen LogP contribution in [0.25, 0.3) is 0 Å². The standard InChI is InChI=1S/C27H29F3N4O5/c28-27(29,30)26(38)33-12-10-32(11-13-33)14-17-4-6-18(7-5-17)16-39-22-3-1-2-19-20(22)15-34(25(19)37)21-8-9-23(35)31-24(21)36/h1-7,21,26,38H,8-16H2,(H,31,35,36). The van der Waals surface area contributed by atoms with Crippen molar-refractivity contribution in [1.29, 1.82) is 0 Å². The number of ether oxygens (including phenoxy) is 1.